The van der Waals surface area contributed by atoms with Crippen LogP contribution in [0.4, 0.5) is 5.69 Å². The molecule has 1 aromatic rings. The SMILES string of the molecule is COc1ccc(C(C)C)cc1N(C)CBr. The predicted molar refractivity (Wildman–Crippen MR) is 69.3 cm³/mol. The average molecular weight is 272 g/mol. The Bertz CT molecular complexity index is 325. The Labute approximate surface area is 100 Å². The minimum absolute atomic E-state index is 0.540. The molecule has 0 aliphatic rings. The van der Waals surface area contributed by atoms with Crippen molar-refractivity contribution < 1.29 is 4.74 Å². The quantitative estimate of drug-likeness (QED) is 0.613. The van der Waals surface area contributed by atoms with Gasteiger partial charge in [0.2, 0.25) is 0 Å². The lowest BCUT2D eigenvalue weighted by Gasteiger charge is -2.20. The molecule has 0 bridgehead atoms. The molecule has 2 nitrogen and oxygen atoms in total. The predicted octanol–water partition coefficient (Wildman–Crippen LogP) is 3.61. The van der Waals surface area contributed by atoms with Crippen molar-refractivity contribution in [3.8, 4) is 5.75 Å². The van der Waals surface area contributed by atoms with Gasteiger partial charge >= 0.3 is 0 Å². The van der Waals surface area contributed by atoms with E-state index in [9.17, 15) is 0 Å². The Hall–Kier alpha value is -0.700. The van der Waals surface area contributed by atoms with Crippen LogP contribution in [0.2, 0.25) is 0 Å². The first-order valence-corrected chi connectivity index (χ1v) is 6.17. The second-order valence-electron chi connectivity index (χ2n) is 3.90. The highest BCUT2D eigenvalue weighted by Gasteiger charge is 2.09. The summed E-state index contributed by atoms with van der Waals surface area (Å²) >= 11 is 3.45. The largest absolute Gasteiger partial charge is 0.495 e. The number of halogens is 1. The van der Waals surface area contributed by atoms with Gasteiger partial charge in [0, 0.05) is 7.05 Å². The molecule has 1 aromatic carbocycles. The van der Waals surface area contributed by atoms with E-state index < -0.39 is 0 Å². The van der Waals surface area contributed by atoms with E-state index in [0.29, 0.717) is 5.92 Å². The zero-order valence-corrected chi connectivity index (χ0v) is 11.3. The number of hydrogen-bond acceptors (Lipinski definition) is 2. The molecule has 0 aliphatic heterocycles. The van der Waals surface area contributed by atoms with Crippen molar-refractivity contribution in [1.29, 1.82) is 0 Å². The van der Waals surface area contributed by atoms with Crippen LogP contribution in [0, 0.1) is 0 Å². The van der Waals surface area contributed by atoms with Crippen LogP contribution in [-0.2, 0) is 0 Å². The van der Waals surface area contributed by atoms with Gasteiger partial charge in [-0.3, -0.25) is 0 Å². The van der Waals surface area contributed by atoms with Crippen molar-refractivity contribution in [2.75, 3.05) is 24.5 Å². The van der Waals surface area contributed by atoms with Crippen LogP contribution in [0.3, 0.4) is 0 Å². The lowest BCUT2D eigenvalue weighted by Crippen LogP contribution is -2.15. The maximum Gasteiger partial charge on any atom is 0.142 e. The van der Waals surface area contributed by atoms with Gasteiger partial charge in [0.25, 0.3) is 0 Å². The molecule has 0 N–H and O–H groups in total. The molecule has 15 heavy (non-hydrogen) atoms. The van der Waals surface area contributed by atoms with Crippen molar-refractivity contribution in [2.45, 2.75) is 19.8 Å². The van der Waals surface area contributed by atoms with Gasteiger partial charge in [0.05, 0.1) is 18.3 Å². The van der Waals surface area contributed by atoms with Crippen molar-refractivity contribution >= 4 is 21.6 Å². The van der Waals surface area contributed by atoms with Gasteiger partial charge in [-0.2, -0.15) is 0 Å². The van der Waals surface area contributed by atoms with Gasteiger partial charge in [-0.25, -0.2) is 0 Å². The van der Waals surface area contributed by atoms with Gasteiger partial charge in [-0.1, -0.05) is 35.8 Å². The normalized spacial score (nSPS) is 10.5. The van der Waals surface area contributed by atoms with E-state index in [0.717, 1.165) is 16.9 Å². The Kier molecular flexibility index (Phi) is 4.45. The molecule has 0 unspecified atom stereocenters. The first kappa shape index (κ1) is 12.4. The zero-order valence-electron chi connectivity index (χ0n) is 9.75. The second-order valence-corrected chi connectivity index (χ2v) is 4.40. The molecule has 1 rings (SSSR count). The fourth-order valence-electron chi connectivity index (χ4n) is 1.43. The summed E-state index contributed by atoms with van der Waals surface area (Å²) in [5, 5.41) is 0. The summed E-state index contributed by atoms with van der Waals surface area (Å²) in [6.07, 6.45) is 0. The molecule has 0 saturated carbocycles. The van der Waals surface area contributed by atoms with Crippen LogP contribution in [-0.4, -0.2) is 19.6 Å². The van der Waals surface area contributed by atoms with E-state index in [1.165, 1.54) is 5.56 Å². The lowest BCUT2D eigenvalue weighted by atomic mass is 10.0. The fourth-order valence-corrected chi connectivity index (χ4v) is 1.70. The van der Waals surface area contributed by atoms with Crippen LogP contribution in [0.1, 0.15) is 25.3 Å². The number of nitrogens with zero attached hydrogens (tertiary/aromatic N) is 1. The Morgan fingerprint density at radius 2 is 2.07 bits per heavy atom. The van der Waals surface area contributed by atoms with Crippen molar-refractivity contribution in [3.63, 3.8) is 0 Å². The standard InChI is InChI=1S/C12H18BrNO/c1-9(2)10-5-6-12(15-4)11(7-10)14(3)8-13/h5-7,9H,8H2,1-4H3. The van der Waals surface area contributed by atoms with Crippen molar-refractivity contribution in [2.24, 2.45) is 0 Å². The molecule has 0 aliphatic carbocycles. The number of methoxy groups -OCH3 is 1. The highest BCUT2D eigenvalue weighted by Crippen LogP contribution is 2.31. The Balaban J connectivity index is 3.13. The fraction of sp³-hybridized carbons (Fsp3) is 0.500. The zero-order chi connectivity index (χ0) is 11.4. The third-order valence-electron chi connectivity index (χ3n) is 2.46. The van der Waals surface area contributed by atoms with E-state index in [2.05, 4.69) is 46.8 Å². The van der Waals surface area contributed by atoms with Crippen LogP contribution >= 0.6 is 15.9 Å². The molecule has 0 radical (unpaired) electrons. The first-order valence-electron chi connectivity index (χ1n) is 5.05. The summed E-state index contributed by atoms with van der Waals surface area (Å²) in [6, 6.07) is 6.34. The summed E-state index contributed by atoms with van der Waals surface area (Å²) < 4.78 is 5.34. The molecule has 0 heterocycles. The van der Waals surface area contributed by atoms with E-state index in [1.54, 1.807) is 7.11 Å². The maximum absolute atomic E-state index is 5.34. The average Bonchev–Trinajstić information content (AvgIpc) is 2.27. The molecule has 0 fully saturated rings. The van der Waals surface area contributed by atoms with Gasteiger partial charge in [0.1, 0.15) is 5.75 Å². The monoisotopic (exact) mass is 271 g/mol. The van der Waals surface area contributed by atoms with Crippen LogP contribution in [0.5, 0.6) is 5.75 Å². The molecule has 0 spiro atoms. The third-order valence-corrected chi connectivity index (χ3v) is 3.21. The smallest absolute Gasteiger partial charge is 0.142 e. The van der Waals surface area contributed by atoms with Crippen molar-refractivity contribution in [1.82, 2.24) is 0 Å². The number of hydrogen-bond donors (Lipinski definition) is 0. The highest BCUT2D eigenvalue weighted by atomic mass is 79.9. The van der Waals surface area contributed by atoms with E-state index in [-0.39, 0.29) is 0 Å². The summed E-state index contributed by atoms with van der Waals surface area (Å²) in [5.41, 5.74) is 3.25. The molecule has 0 aromatic heterocycles. The molecule has 0 atom stereocenters. The Morgan fingerprint density at radius 3 is 2.53 bits per heavy atom. The number of ether oxygens (including phenoxy) is 1. The number of alkyl halides is 1. The molecular weight excluding hydrogens is 254 g/mol. The number of benzene rings is 1. The summed E-state index contributed by atoms with van der Waals surface area (Å²) in [6.45, 7) is 4.39. The van der Waals surface area contributed by atoms with Crippen LogP contribution in [0.15, 0.2) is 18.2 Å². The first-order chi connectivity index (χ1) is 7.10. The molecule has 84 valence electrons. The number of rotatable bonds is 4. The molecule has 0 saturated heterocycles. The van der Waals surface area contributed by atoms with E-state index >= 15 is 0 Å². The van der Waals surface area contributed by atoms with Gasteiger partial charge in [-0.05, 0) is 23.6 Å². The maximum atomic E-state index is 5.34. The summed E-state index contributed by atoms with van der Waals surface area (Å²) in [4.78, 5) is 2.12. The molecule has 0 amide bonds. The topological polar surface area (TPSA) is 12.5 Å². The highest BCUT2D eigenvalue weighted by molar-refractivity contribution is 9.09. The summed E-state index contributed by atoms with van der Waals surface area (Å²) in [7, 11) is 3.74. The minimum atomic E-state index is 0.540. The van der Waals surface area contributed by atoms with Gasteiger partial charge in [-0.15, -0.1) is 0 Å². The van der Waals surface area contributed by atoms with Gasteiger partial charge < -0.3 is 9.64 Å². The lowest BCUT2D eigenvalue weighted by molar-refractivity contribution is 0.415. The number of anilines is 1. The second kappa shape index (κ2) is 5.40. The third kappa shape index (κ3) is 2.88. The van der Waals surface area contributed by atoms with E-state index in [4.69, 9.17) is 4.74 Å². The molecular formula is C12H18BrNO. The van der Waals surface area contributed by atoms with E-state index in [1.807, 2.05) is 13.1 Å². The molecule has 3 heteroatoms. The van der Waals surface area contributed by atoms with Crippen molar-refractivity contribution in [3.05, 3.63) is 23.8 Å². The van der Waals surface area contributed by atoms with Crippen LogP contribution < -0.4 is 9.64 Å². The van der Waals surface area contributed by atoms with Crippen LogP contribution in [0.25, 0.3) is 0 Å². The summed E-state index contributed by atoms with van der Waals surface area (Å²) in [5.74, 6) is 1.46. The minimum Gasteiger partial charge on any atom is -0.495 e. The Morgan fingerprint density at radius 1 is 1.40 bits per heavy atom. The van der Waals surface area contributed by atoms with Gasteiger partial charge in [0.15, 0.2) is 0 Å².